The number of allylic oxidation sites excluding steroid dienone is 2. The minimum absolute atomic E-state index is 0.00750. The Hall–Kier alpha value is -1.83. The van der Waals surface area contributed by atoms with Gasteiger partial charge in [0, 0.05) is 6.42 Å². The summed E-state index contributed by atoms with van der Waals surface area (Å²) in [5, 5.41) is 0. The summed E-state index contributed by atoms with van der Waals surface area (Å²) in [6.45, 7) is 13.2. The Bertz CT molecular complexity index is 650. The molecule has 0 heterocycles. The molecule has 2 atom stereocenters. The highest BCUT2D eigenvalue weighted by Crippen LogP contribution is 2.47. The molecule has 0 radical (unpaired) electrons. The Kier molecular flexibility index (Phi) is 7.44. The fraction of sp³-hybridized carbons (Fsp3) is 0.762. The third-order valence-corrected chi connectivity index (χ3v) is 5.00. The normalized spacial score (nSPS) is 29.2. The average molecular weight is 360 g/mol. The molecule has 0 spiro atoms. The molecule has 0 bridgehead atoms. The summed E-state index contributed by atoms with van der Waals surface area (Å²) < 4.78 is 0. The Morgan fingerprint density at radius 3 is 2.19 bits per heavy atom. The molecule has 144 valence electrons. The fourth-order valence-corrected chi connectivity index (χ4v) is 4.75. The number of hydrogen-bond donors (Lipinski definition) is 0. The highest BCUT2D eigenvalue weighted by Gasteiger charge is 2.41. The van der Waals surface area contributed by atoms with Gasteiger partial charge in [0.25, 0.3) is 0 Å². The molecule has 0 amide bonds. The molecular weight excluding hydrogens is 328 g/mol. The molecule has 2 aliphatic carbocycles. The van der Waals surface area contributed by atoms with Gasteiger partial charge in [0.1, 0.15) is 0 Å². The predicted octanol–water partition coefficient (Wildman–Crippen LogP) is 4.56. The van der Waals surface area contributed by atoms with Crippen molar-refractivity contribution in [3.05, 3.63) is 11.6 Å². The van der Waals surface area contributed by atoms with Crippen LogP contribution >= 0.6 is 0 Å². The number of carbonyl (C=O) groups excluding carboxylic acids is 3. The lowest BCUT2D eigenvalue weighted by molar-refractivity contribution is -0.117. The zero-order chi connectivity index (χ0) is 20.0. The number of isocyanates is 2. The molecule has 0 saturated heterocycles. The van der Waals surface area contributed by atoms with E-state index in [0.717, 1.165) is 25.7 Å². The molecule has 2 aliphatic rings. The van der Waals surface area contributed by atoms with Crippen molar-refractivity contribution in [3.8, 4) is 0 Å². The van der Waals surface area contributed by atoms with Crippen molar-refractivity contribution in [2.24, 2.45) is 26.2 Å². The van der Waals surface area contributed by atoms with Crippen molar-refractivity contribution < 1.29 is 14.4 Å². The molecule has 0 aromatic heterocycles. The Labute approximate surface area is 157 Å². The van der Waals surface area contributed by atoms with E-state index in [2.05, 4.69) is 44.6 Å². The number of hydrogen-bond acceptors (Lipinski definition) is 5. The second-order valence-electron chi connectivity index (χ2n) is 9.82. The summed E-state index contributed by atoms with van der Waals surface area (Å²) in [4.78, 5) is 39.0. The van der Waals surface area contributed by atoms with E-state index >= 15 is 0 Å². The number of ketones is 1. The topological polar surface area (TPSA) is 75.9 Å². The van der Waals surface area contributed by atoms with Gasteiger partial charge in [-0.05, 0) is 54.9 Å². The van der Waals surface area contributed by atoms with Gasteiger partial charge in [0.15, 0.2) is 5.78 Å². The molecule has 1 fully saturated rings. The van der Waals surface area contributed by atoms with Crippen LogP contribution in [0.4, 0.5) is 0 Å². The Morgan fingerprint density at radius 1 is 1.04 bits per heavy atom. The maximum absolute atomic E-state index is 11.0. The SMILES string of the molecule is CC1(C)CC(N=C=O)CC(C)(CN=C=O)C1.CC1=CC(=O)CC(C)(C)C1. The summed E-state index contributed by atoms with van der Waals surface area (Å²) in [6.07, 6.45) is 9.43. The van der Waals surface area contributed by atoms with Crippen LogP contribution in [0.5, 0.6) is 0 Å². The van der Waals surface area contributed by atoms with Crippen molar-refractivity contribution in [2.45, 2.75) is 79.7 Å². The van der Waals surface area contributed by atoms with Crippen molar-refractivity contribution in [2.75, 3.05) is 6.54 Å². The van der Waals surface area contributed by atoms with Gasteiger partial charge in [-0.15, -0.1) is 0 Å². The maximum Gasteiger partial charge on any atom is 0.235 e. The minimum Gasteiger partial charge on any atom is -0.295 e. The van der Waals surface area contributed by atoms with Crippen LogP contribution in [0, 0.1) is 16.2 Å². The third kappa shape index (κ3) is 7.59. The highest BCUT2D eigenvalue weighted by atomic mass is 16.1. The van der Waals surface area contributed by atoms with Crippen LogP contribution in [0.2, 0.25) is 0 Å². The molecule has 2 rings (SSSR count). The largest absolute Gasteiger partial charge is 0.295 e. The van der Waals surface area contributed by atoms with E-state index in [9.17, 15) is 14.4 Å². The lowest BCUT2D eigenvalue weighted by Gasteiger charge is -2.44. The van der Waals surface area contributed by atoms with Crippen LogP contribution in [-0.2, 0) is 14.4 Å². The summed E-state index contributed by atoms with van der Waals surface area (Å²) in [6, 6.07) is 0.00750. The monoisotopic (exact) mass is 360 g/mol. The van der Waals surface area contributed by atoms with Crippen molar-refractivity contribution >= 4 is 17.9 Å². The van der Waals surface area contributed by atoms with Gasteiger partial charge in [0.05, 0.1) is 12.6 Å². The smallest absolute Gasteiger partial charge is 0.235 e. The second-order valence-corrected chi connectivity index (χ2v) is 9.82. The van der Waals surface area contributed by atoms with Crippen LogP contribution in [0.15, 0.2) is 21.6 Å². The highest BCUT2D eigenvalue weighted by molar-refractivity contribution is 5.91. The van der Waals surface area contributed by atoms with Crippen LogP contribution in [-0.4, -0.2) is 30.5 Å². The molecule has 2 unspecified atom stereocenters. The fourth-order valence-electron chi connectivity index (χ4n) is 4.75. The number of nitrogens with zero attached hydrogens (tertiary/aromatic N) is 2. The molecule has 1 saturated carbocycles. The summed E-state index contributed by atoms with van der Waals surface area (Å²) in [5.41, 5.74) is 1.48. The van der Waals surface area contributed by atoms with E-state index in [-0.39, 0.29) is 28.1 Å². The number of rotatable bonds is 3. The van der Waals surface area contributed by atoms with E-state index in [1.807, 2.05) is 6.92 Å². The lowest BCUT2D eigenvalue weighted by Crippen LogP contribution is -2.39. The first-order chi connectivity index (χ1) is 11.9. The van der Waals surface area contributed by atoms with Gasteiger partial charge in [-0.1, -0.05) is 40.2 Å². The molecular formula is C21H32N2O3. The summed E-state index contributed by atoms with van der Waals surface area (Å²) in [5.74, 6) is 0.286. The molecule has 5 heteroatoms. The van der Waals surface area contributed by atoms with Crippen molar-refractivity contribution in [1.82, 2.24) is 0 Å². The van der Waals surface area contributed by atoms with Crippen molar-refractivity contribution in [1.29, 1.82) is 0 Å². The molecule has 0 aliphatic heterocycles. The van der Waals surface area contributed by atoms with Gasteiger partial charge in [-0.25, -0.2) is 19.6 Å². The van der Waals surface area contributed by atoms with E-state index in [1.165, 1.54) is 5.57 Å². The third-order valence-electron chi connectivity index (χ3n) is 5.00. The summed E-state index contributed by atoms with van der Waals surface area (Å²) in [7, 11) is 0. The molecule has 26 heavy (non-hydrogen) atoms. The quantitative estimate of drug-likeness (QED) is 0.546. The van der Waals surface area contributed by atoms with Gasteiger partial charge >= 0.3 is 0 Å². The minimum atomic E-state index is -0.0653. The number of carbonyl (C=O) groups is 1. The first-order valence-corrected chi connectivity index (χ1v) is 9.21. The van der Waals surface area contributed by atoms with Gasteiger partial charge < -0.3 is 0 Å². The van der Waals surface area contributed by atoms with E-state index in [0.29, 0.717) is 13.0 Å². The van der Waals surface area contributed by atoms with E-state index < -0.39 is 0 Å². The van der Waals surface area contributed by atoms with Crippen molar-refractivity contribution in [3.63, 3.8) is 0 Å². The van der Waals surface area contributed by atoms with Gasteiger partial charge in [-0.3, -0.25) is 4.79 Å². The van der Waals surface area contributed by atoms with Crippen LogP contribution in [0.3, 0.4) is 0 Å². The molecule has 0 aromatic carbocycles. The Morgan fingerprint density at radius 2 is 1.69 bits per heavy atom. The first kappa shape index (κ1) is 22.2. The molecule has 0 N–H and O–H groups in total. The van der Waals surface area contributed by atoms with E-state index in [4.69, 9.17) is 0 Å². The second kappa shape index (κ2) is 8.70. The van der Waals surface area contributed by atoms with Crippen LogP contribution < -0.4 is 0 Å². The van der Waals surface area contributed by atoms with Crippen LogP contribution in [0.25, 0.3) is 0 Å². The van der Waals surface area contributed by atoms with Gasteiger partial charge in [0.2, 0.25) is 12.2 Å². The average Bonchev–Trinajstić information content (AvgIpc) is 2.41. The lowest BCUT2D eigenvalue weighted by atomic mass is 9.63. The summed E-state index contributed by atoms with van der Waals surface area (Å²) >= 11 is 0. The molecule has 0 aromatic rings. The predicted molar refractivity (Wildman–Crippen MR) is 102 cm³/mol. The zero-order valence-corrected chi connectivity index (χ0v) is 17.0. The van der Waals surface area contributed by atoms with E-state index in [1.54, 1.807) is 18.2 Å². The zero-order valence-electron chi connectivity index (χ0n) is 17.0. The first-order valence-electron chi connectivity index (χ1n) is 9.21. The Balaban J connectivity index is 0.000000289. The maximum atomic E-state index is 11.0. The standard InChI is InChI=1S/C12H18N2O2.C9H14O/c1-11(2)4-10(14-9-16)5-12(3,6-11)7-13-8-15;1-7-4-8(10)6-9(2,3)5-7/h10H,4-7H2,1-3H3;4H,5-6H2,1-3H3. The number of aliphatic imine (C=N–C) groups is 2. The van der Waals surface area contributed by atoms with Crippen LogP contribution in [0.1, 0.15) is 73.6 Å². The molecule has 5 nitrogen and oxygen atoms in total. The van der Waals surface area contributed by atoms with Gasteiger partial charge in [-0.2, -0.15) is 0 Å².